The Hall–Kier alpha value is -3.48. The Kier molecular flexibility index (Phi) is 7.25. The van der Waals surface area contributed by atoms with E-state index in [1.165, 1.54) is 20.3 Å². The van der Waals surface area contributed by atoms with Crippen molar-refractivity contribution in [1.29, 1.82) is 0 Å². The molecular formula is C20H21NO6. The number of benzene rings is 2. The maximum absolute atomic E-state index is 12.0. The van der Waals surface area contributed by atoms with Crippen molar-refractivity contribution in [1.82, 2.24) is 0 Å². The first-order valence-electron chi connectivity index (χ1n) is 8.07. The molecule has 2 aromatic carbocycles. The molecule has 0 aromatic heterocycles. The van der Waals surface area contributed by atoms with Gasteiger partial charge in [0.2, 0.25) is 0 Å². The predicted molar refractivity (Wildman–Crippen MR) is 101 cm³/mol. The normalized spacial score (nSPS) is 10.3. The molecule has 0 unspecified atom stereocenters. The average Bonchev–Trinajstić information content (AvgIpc) is 2.71. The van der Waals surface area contributed by atoms with Crippen LogP contribution >= 0.6 is 0 Å². The van der Waals surface area contributed by atoms with Crippen molar-refractivity contribution in [2.24, 2.45) is 0 Å². The quantitative estimate of drug-likeness (QED) is 0.567. The number of methoxy groups -OCH3 is 3. The summed E-state index contributed by atoms with van der Waals surface area (Å²) in [5.41, 5.74) is 1.17. The lowest BCUT2D eigenvalue weighted by Gasteiger charge is -2.11. The molecule has 142 valence electrons. The number of rotatable bonds is 8. The molecule has 0 heterocycles. The number of esters is 1. The summed E-state index contributed by atoms with van der Waals surface area (Å²) in [6, 6.07) is 12.2. The SMILES string of the molecule is COc1ccc(NC(=O)COC(=O)/C=C/c2ccccc2OC)c(OC)c1. The first-order chi connectivity index (χ1) is 13.1. The van der Waals surface area contributed by atoms with E-state index in [-0.39, 0.29) is 0 Å². The summed E-state index contributed by atoms with van der Waals surface area (Å²) < 4.78 is 20.4. The smallest absolute Gasteiger partial charge is 0.331 e. The summed E-state index contributed by atoms with van der Waals surface area (Å²) in [5.74, 6) is 0.531. The van der Waals surface area contributed by atoms with E-state index in [0.29, 0.717) is 22.9 Å². The molecule has 27 heavy (non-hydrogen) atoms. The number of para-hydroxylation sites is 1. The molecule has 0 aliphatic carbocycles. The summed E-state index contributed by atoms with van der Waals surface area (Å²) in [7, 11) is 4.56. The number of anilines is 1. The standard InChI is InChI=1S/C20H21NO6/c1-24-15-9-10-16(18(12-15)26-3)21-19(22)13-27-20(23)11-8-14-6-4-5-7-17(14)25-2/h4-12H,13H2,1-3H3,(H,21,22)/b11-8+. The first-order valence-corrected chi connectivity index (χ1v) is 8.07. The van der Waals surface area contributed by atoms with Gasteiger partial charge in [-0.3, -0.25) is 4.79 Å². The number of hydrogen-bond acceptors (Lipinski definition) is 6. The molecule has 0 aliphatic rings. The van der Waals surface area contributed by atoms with Crippen molar-refractivity contribution in [2.45, 2.75) is 0 Å². The Morgan fingerprint density at radius 3 is 2.41 bits per heavy atom. The molecule has 0 atom stereocenters. The molecule has 0 saturated carbocycles. The second-order valence-corrected chi connectivity index (χ2v) is 5.30. The van der Waals surface area contributed by atoms with Gasteiger partial charge in [-0.25, -0.2) is 4.79 Å². The van der Waals surface area contributed by atoms with Crippen LogP contribution in [0.25, 0.3) is 6.08 Å². The minimum Gasteiger partial charge on any atom is -0.497 e. The number of hydrogen-bond donors (Lipinski definition) is 1. The zero-order valence-corrected chi connectivity index (χ0v) is 15.4. The molecule has 0 radical (unpaired) electrons. The van der Waals surface area contributed by atoms with Crippen LogP contribution < -0.4 is 19.5 Å². The van der Waals surface area contributed by atoms with Gasteiger partial charge in [-0.15, -0.1) is 0 Å². The van der Waals surface area contributed by atoms with Crippen molar-refractivity contribution in [3.8, 4) is 17.2 Å². The third-order valence-electron chi connectivity index (χ3n) is 3.57. The van der Waals surface area contributed by atoms with Gasteiger partial charge in [0.15, 0.2) is 6.61 Å². The molecular weight excluding hydrogens is 350 g/mol. The van der Waals surface area contributed by atoms with Crippen LogP contribution in [0.2, 0.25) is 0 Å². The Labute approximate surface area is 157 Å². The van der Waals surface area contributed by atoms with Gasteiger partial charge in [-0.2, -0.15) is 0 Å². The van der Waals surface area contributed by atoms with Gasteiger partial charge < -0.3 is 24.3 Å². The van der Waals surface area contributed by atoms with E-state index in [1.54, 1.807) is 43.5 Å². The Morgan fingerprint density at radius 2 is 1.70 bits per heavy atom. The van der Waals surface area contributed by atoms with E-state index in [4.69, 9.17) is 18.9 Å². The first kappa shape index (κ1) is 19.8. The molecule has 2 rings (SSSR count). The van der Waals surface area contributed by atoms with Crippen molar-refractivity contribution in [3.63, 3.8) is 0 Å². The number of nitrogens with one attached hydrogen (secondary N) is 1. The highest BCUT2D eigenvalue weighted by atomic mass is 16.5. The van der Waals surface area contributed by atoms with Crippen molar-refractivity contribution < 1.29 is 28.5 Å². The van der Waals surface area contributed by atoms with Crippen LogP contribution in [0.5, 0.6) is 17.2 Å². The van der Waals surface area contributed by atoms with E-state index >= 15 is 0 Å². The number of amides is 1. The molecule has 0 aliphatic heterocycles. The number of carbonyl (C=O) groups is 2. The highest BCUT2D eigenvalue weighted by Crippen LogP contribution is 2.28. The molecule has 7 nitrogen and oxygen atoms in total. The molecule has 2 aromatic rings. The number of ether oxygens (including phenoxy) is 4. The fraction of sp³-hybridized carbons (Fsp3) is 0.200. The van der Waals surface area contributed by atoms with Gasteiger partial charge in [-0.05, 0) is 24.3 Å². The van der Waals surface area contributed by atoms with Crippen molar-refractivity contribution in [3.05, 3.63) is 54.1 Å². The van der Waals surface area contributed by atoms with Crippen LogP contribution in [0.4, 0.5) is 5.69 Å². The number of carbonyl (C=O) groups excluding carboxylic acids is 2. The second-order valence-electron chi connectivity index (χ2n) is 5.30. The van der Waals surface area contributed by atoms with Crippen LogP contribution in [-0.4, -0.2) is 39.8 Å². The minimum atomic E-state index is -0.641. The van der Waals surface area contributed by atoms with Crippen molar-refractivity contribution in [2.75, 3.05) is 33.3 Å². The maximum atomic E-state index is 12.0. The van der Waals surface area contributed by atoms with Crippen LogP contribution in [0, 0.1) is 0 Å². The fourth-order valence-corrected chi connectivity index (χ4v) is 2.23. The molecule has 1 N–H and O–H groups in total. The minimum absolute atomic E-state index is 0.426. The largest absolute Gasteiger partial charge is 0.497 e. The van der Waals surface area contributed by atoms with Gasteiger partial charge in [0.05, 0.1) is 27.0 Å². The maximum Gasteiger partial charge on any atom is 0.331 e. The lowest BCUT2D eigenvalue weighted by atomic mass is 10.2. The van der Waals surface area contributed by atoms with Gasteiger partial charge in [0.25, 0.3) is 5.91 Å². The van der Waals surface area contributed by atoms with E-state index in [2.05, 4.69) is 5.32 Å². The summed E-state index contributed by atoms with van der Waals surface area (Å²) in [5, 5.41) is 2.62. The summed E-state index contributed by atoms with van der Waals surface area (Å²) >= 11 is 0. The van der Waals surface area contributed by atoms with Gasteiger partial charge in [0.1, 0.15) is 17.2 Å². The molecule has 7 heteroatoms. The Bertz CT molecular complexity index is 831. The van der Waals surface area contributed by atoms with Gasteiger partial charge in [0, 0.05) is 17.7 Å². The van der Waals surface area contributed by atoms with Crippen LogP contribution in [-0.2, 0) is 14.3 Å². The van der Waals surface area contributed by atoms with Crippen LogP contribution in [0.3, 0.4) is 0 Å². The zero-order valence-electron chi connectivity index (χ0n) is 15.4. The summed E-state index contributed by atoms with van der Waals surface area (Å²) in [4.78, 5) is 23.8. The van der Waals surface area contributed by atoms with Gasteiger partial charge >= 0.3 is 5.97 Å². The molecule has 0 fully saturated rings. The third kappa shape index (κ3) is 5.78. The van der Waals surface area contributed by atoms with Crippen LogP contribution in [0.15, 0.2) is 48.5 Å². The Balaban J connectivity index is 1.90. The van der Waals surface area contributed by atoms with E-state index in [1.807, 2.05) is 12.1 Å². The molecule has 1 amide bonds. The predicted octanol–water partition coefficient (Wildman–Crippen LogP) is 2.91. The average molecular weight is 371 g/mol. The van der Waals surface area contributed by atoms with E-state index < -0.39 is 18.5 Å². The second kappa shape index (κ2) is 9.86. The molecule has 0 saturated heterocycles. The van der Waals surface area contributed by atoms with Gasteiger partial charge in [-0.1, -0.05) is 18.2 Å². The molecule has 0 spiro atoms. The lowest BCUT2D eigenvalue weighted by Crippen LogP contribution is -2.20. The summed E-state index contributed by atoms with van der Waals surface area (Å²) in [6.45, 7) is -0.426. The lowest BCUT2D eigenvalue weighted by molar-refractivity contribution is -0.142. The third-order valence-corrected chi connectivity index (χ3v) is 3.57. The van der Waals surface area contributed by atoms with Crippen molar-refractivity contribution >= 4 is 23.6 Å². The highest BCUT2D eigenvalue weighted by Gasteiger charge is 2.10. The van der Waals surface area contributed by atoms with E-state index in [9.17, 15) is 9.59 Å². The highest BCUT2D eigenvalue weighted by molar-refractivity contribution is 5.95. The fourth-order valence-electron chi connectivity index (χ4n) is 2.23. The topological polar surface area (TPSA) is 83.1 Å². The monoisotopic (exact) mass is 371 g/mol. The molecule has 0 bridgehead atoms. The van der Waals surface area contributed by atoms with E-state index in [0.717, 1.165) is 5.56 Å². The Morgan fingerprint density at radius 1 is 0.963 bits per heavy atom. The zero-order chi connectivity index (χ0) is 19.6. The van der Waals surface area contributed by atoms with Crippen LogP contribution in [0.1, 0.15) is 5.56 Å². The summed E-state index contributed by atoms with van der Waals surface area (Å²) in [6.07, 6.45) is 2.80.